The van der Waals surface area contributed by atoms with Crippen LogP contribution in [0.3, 0.4) is 0 Å². The molecule has 5 aromatic rings. The number of alkyl halides is 3. The molecule has 2 fully saturated rings. The fourth-order valence-electron chi connectivity index (χ4n) is 6.05. The number of halogens is 3. The van der Waals surface area contributed by atoms with E-state index in [1.54, 1.807) is 12.4 Å². The zero-order valence-corrected chi connectivity index (χ0v) is 23.5. The van der Waals surface area contributed by atoms with Crippen LogP contribution in [-0.2, 0) is 19.8 Å². The molecule has 4 heterocycles. The monoisotopic (exact) mass is 572 g/mol. The highest BCUT2D eigenvalue weighted by Crippen LogP contribution is 2.43. The molecule has 1 saturated heterocycles. The second kappa shape index (κ2) is 10.3. The van der Waals surface area contributed by atoms with Crippen molar-refractivity contribution < 1.29 is 17.6 Å². The third kappa shape index (κ3) is 5.19. The molecule has 1 aliphatic carbocycles. The van der Waals surface area contributed by atoms with E-state index in [0.717, 1.165) is 61.2 Å². The lowest BCUT2D eigenvalue weighted by Gasteiger charge is -2.30. The van der Waals surface area contributed by atoms with E-state index < -0.39 is 11.7 Å². The van der Waals surface area contributed by atoms with Gasteiger partial charge in [0.2, 0.25) is 5.89 Å². The normalized spacial score (nSPS) is 18.2. The summed E-state index contributed by atoms with van der Waals surface area (Å²) >= 11 is 0. The highest BCUT2D eigenvalue weighted by Gasteiger charge is 2.36. The van der Waals surface area contributed by atoms with E-state index in [9.17, 15) is 13.2 Å². The summed E-state index contributed by atoms with van der Waals surface area (Å²) in [4.78, 5) is 11.6. The Hall–Kier alpha value is -4.05. The van der Waals surface area contributed by atoms with Gasteiger partial charge in [0.15, 0.2) is 11.4 Å². The van der Waals surface area contributed by atoms with Crippen LogP contribution >= 0.6 is 0 Å². The molecule has 2 aromatic carbocycles. The Balaban J connectivity index is 1.33. The first-order chi connectivity index (χ1) is 20.2. The highest BCUT2D eigenvalue weighted by molar-refractivity contribution is 5.84. The first-order valence-electron chi connectivity index (χ1n) is 14.4. The number of nitrogens with zero attached hydrogens (tertiary/aromatic N) is 6. The van der Waals surface area contributed by atoms with E-state index in [2.05, 4.69) is 33.1 Å². The average Bonchev–Trinajstić information content (AvgIpc) is 3.59. The van der Waals surface area contributed by atoms with Crippen molar-refractivity contribution in [3.63, 3.8) is 0 Å². The van der Waals surface area contributed by atoms with Gasteiger partial charge in [-0.25, -0.2) is 9.97 Å². The molecule has 1 aliphatic heterocycles. The Morgan fingerprint density at radius 3 is 2.52 bits per heavy atom. The Kier molecular flexibility index (Phi) is 6.61. The van der Waals surface area contributed by atoms with Gasteiger partial charge in [0.1, 0.15) is 23.1 Å². The molecule has 0 spiro atoms. The van der Waals surface area contributed by atoms with Crippen LogP contribution in [0.4, 0.5) is 13.2 Å². The summed E-state index contributed by atoms with van der Waals surface area (Å²) in [6, 6.07) is 14.7. The highest BCUT2D eigenvalue weighted by atomic mass is 19.4. The number of aryl methyl sites for hydroxylation is 1. The number of likely N-dealkylation sites (tertiary alicyclic amines) is 1. The average molecular weight is 573 g/mol. The summed E-state index contributed by atoms with van der Waals surface area (Å²) in [6.45, 7) is 4.39. The fourth-order valence-corrected chi connectivity index (χ4v) is 6.05. The van der Waals surface area contributed by atoms with E-state index in [4.69, 9.17) is 9.40 Å². The number of oxazole rings is 1. The molecular weight excluding hydrogens is 541 g/mol. The van der Waals surface area contributed by atoms with Crippen molar-refractivity contribution in [2.75, 3.05) is 13.1 Å². The van der Waals surface area contributed by atoms with Gasteiger partial charge in [-0.15, -0.1) is 10.2 Å². The molecule has 3 aromatic heterocycles. The summed E-state index contributed by atoms with van der Waals surface area (Å²) in [5.74, 6) is 1.63. The molecule has 1 atom stereocenters. The van der Waals surface area contributed by atoms with Crippen LogP contribution in [0, 0.1) is 5.92 Å². The molecule has 0 radical (unpaired) electrons. The van der Waals surface area contributed by atoms with Gasteiger partial charge in [-0.3, -0.25) is 4.90 Å². The van der Waals surface area contributed by atoms with Crippen LogP contribution in [0.25, 0.3) is 45.2 Å². The summed E-state index contributed by atoms with van der Waals surface area (Å²) in [6.07, 6.45) is 1.30. The van der Waals surface area contributed by atoms with Crippen LogP contribution in [0.5, 0.6) is 0 Å². The molecule has 2 aliphatic rings. The van der Waals surface area contributed by atoms with Crippen LogP contribution in [0.15, 0.2) is 59.3 Å². The number of rotatable bonds is 6. The zero-order valence-electron chi connectivity index (χ0n) is 23.5. The first kappa shape index (κ1) is 26.8. The lowest BCUT2D eigenvalue weighted by molar-refractivity contribution is -0.136. The third-order valence-electron chi connectivity index (χ3n) is 8.25. The van der Waals surface area contributed by atoms with Crippen molar-refractivity contribution >= 4 is 11.1 Å². The summed E-state index contributed by atoms with van der Waals surface area (Å²) in [7, 11) is 1.89. The van der Waals surface area contributed by atoms with Crippen molar-refractivity contribution in [3.8, 4) is 34.1 Å². The van der Waals surface area contributed by atoms with Crippen LogP contribution in [0.2, 0.25) is 0 Å². The van der Waals surface area contributed by atoms with Gasteiger partial charge in [0, 0.05) is 37.3 Å². The first-order valence-corrected chi connectivity index (χ1v) is 14.4. The minimum atomic E-state index is -4.58. The van der Waals surface area contributed by atoms with E-state index in [1.807, 2.05) is 41.9 Å². The predicted octanol–water partition coefficient (Wildman–Crippen LogP) is 7.48. The number of fused-ring (bicyclic) bond motifs is 1. The Morgan fingerprint density at radius 2 is 1.81 bits per heavy atom. The molecule has 0 N–H and O–H groups in total. The summed E-state index contributed by atoms with van der Waals surface area (Å²) < 4.78 is 50.6. The second-order valence-corrected chi connectivity index (χ2v) is 11.7. The number of aromatic nitrogens is 5. The largest absolute Gasteiger partial charge is 0.434 e. The minimum absolute atomic E-state index is 0.0825. The van der Waals surface area contributed by atoms with E-state index >= 15 is 0 Å². The van der Waals surface area contributed by atoms with Crippen molar-refractivity contribution in [2.45, 2.75) is 51.2 Å². The fraction of sp³-hybridized carbons (Fsp3) is 0.375. The van der Waals surface area contributed by atoms with Gasteiger partial charge in [0.05, 0.1) is 0 Å². The van der Waals surface area contributed by atoms with Gasteiger partial charge in [-0.05, 0) is 79.1 Å². The summed E-state index contributed by atoms with van der Waals surface area (Å²) in [5.41, 5.74) is 3.71. The SMILES string of the molecule is CC1CCCN(Cc2cc(C(F)(F)F)c3oc(-c4cc(-c5ccccc5-c5nncn5C)cc(C5CC5)n4)nc3c2)C1. The number of hydrogen-bond donors (Lipinski definition) is 0. The van der Waals surface area contributed by atoms with Gasteiger partial charge >= 0.3 is 6.18 Å². The van der Waals surface area contributed by atoms with Crippen LogP contribution < -0.4 is 0 Å². The van der Waals surface area contributed by atoms with Gasteiger partial charge in [0.25, 0.3) is 0 Å². The molecule has 42 heavy (non-hydrogen) atoms. The van der Waals surface area contributed by atoms with Crippen molar-refractivity contribution in [2.24, 2.45) is 13.0 Å². The van der Waals surface area contributed by atoms with E-state index in [-0.39, 0.29) is 17.0 Å². The molecule has 7 nitrogen and oxygen atoms in total. The maximum absolute atomic E-state index is 14.3. The molecule has 7 rings (SSSR count). The second-order valence-electron chi connectivity index (χ2n) is 11.7. The molecule has 1 saturated carbocycles. The summed E-state index contributed by atoms with van der Waals surface area (Å²) in [5, 5.41) is 8.33. The molecule has 0 bridgehead atoms. The van der Waals surface area contributed by atoms with Crippen LogP contribution in [0.1, 0.15) is 55.3 Å². The van der Waals surface area contributed by atoms with Crippen molar-refractivity contribution in [1.29, 1.82) is 0 Å². The predicted molar refractivity (Wildman–Crippen MR) is 153 cm³/mol. The topological polar surface area (TPSA) is 72.9 Å². The smallest absolute Gasteiger partial charge is 0.420 e. The molecule has 216 valence electrons. The molecular formula is C32H31F3N6O. The Labute approximate surface area is 241 Å². The Bertz CT molecular complexity index is 1770. The van der Waals surface area contributed by atoms with Gasteiger partial charge < -0.3 is 8.98 Å². The maximum Gasteiger partial charge on any atom is 0.420 e. The third-order valence-corrected chi connectivity index (χ3v) is 8.25. The number of benzene rings is 2. The quantitative estimate of drug-likeness (QED) is 0.210. The maximum atomic E-state index is 14.3. The lowest BCUT2D eigenvalue weighted by Crippen LogP contribution is -2.33. The number of hydrogen-bond acceptors (Lipinski definition) is 6. The van der Waals surface area contributed by atoms with Gasteiger partial charge in [-0.2, -0.15) is 13.2 Å². The Morgan fingerprint density at radius 1 is 1.00 bits per heavy atom. The molecule has 0 amide bonds. The van der Waals surface area contributed by atoms with Gasteiger partial charge in [-0.1, -0.05) is 31.2 Å². The molecule has 10 heteroatoms. The van der Waals surface area contributed by atoms with E-state index in [0.29, 0.717) is 35.5 Å². The van der Waals surface area contributed by atoms with E-state index in [1.165, 1.54) is 6.07 Å². The zero-order chi connectivity index (χ0) is 29.0. The minimum Gasteiger partial charge on any atom is -0.434 e. The number of piperidine rings is 1. The lowest BCUT2D eigenvalue weighted by atomic mass is 9.97. The number of pyridine rings is 1. The van der Waals surface area contributed by atoms with Crippen molar-refractivity contribution in [1.82, 2.24) is 29.6 Å². The van der Waals surface area contributed by atoms with Crippen LogP contribution in [-0.4, -0.2) is 42.7 Å². The van der Waals surface area contributed by atoms with Crippen molar-refractivity contribution in [3.05, 3.63) is 71.7 Å². The molecule has 1 unspecified atom stereocenters. The standard InChI is InChI=1S/C32H31F3N6O/c1-19-6-5-11-41(16-19)17-20-12-25(32(33,34)35)29-27(13-20)38-31(42-29)28-15-22(14-26(37-28)21-9-10-21)23-7-3-4-8-24(23)30-39-36-18-40(30)2/h3-4,7-8,12-15,18-19,21H,5-6,9-11,16-17H2,1-2H3.